The Balaban J connectivity index is 2.15. The predicted octanol–water partition coefficient (Wildman–Crippen LogP) is 2.78. The Labute approximate surface area is 196 Å². The topological polar surface area (TPSA) is 97.0 Å². The van der Waals surface area contributed by atoms with Crippen molar-refractivity contribution in [3.05, 3.63) is 28.2 Å². The Hall–Kier alpha value is -2.20. The van der Waals surface area contributed by atoms with Crippen LogP contribution in [-0.2, 0) is 14.3 Å². The molecule has 2 amide bonds. The average molecular weight is 514 g/mol. The fourth-order valence-electron chi connectivity index (χ4n) is 2.95. The van der Waals surface area contributed by atoms with Gasteiger partial charge in [-0.3, -0.25) is 19.7 Å². The largest absolute Gasteiger partial charge is 0.490 e. The van der Waals surface area contributed by atoms with Crippen LogP contribution in [0.15, 0.2) is 22.7 Å². The van der Waals surface area contributed by atoms with Crippen LogP contribution < -0.4 is 15.4 Å². The lowest BCUT2D eigenvalue weighted by molar-refractivity contribution is -0.151. The van der Waals surface area contributed by atoms with Gasteiger partial charge in [0, 0.05) is 17.6 Å². The van der Waals surface area contributed by atoms with Crippen LogP contribution in [-0.4, -0.2) is 59.1 Å². The number of nitrogens with zero attached hydrogens (tertiary/aromatic N) is 1. The van der Waals surface area contributed by atoms with E-state index in [0.29, 0.717) is 35.3 Å². The number of carbonyl (C=O) groups is 3. The summed E-state index contributed by atoms with van der Waals surface area (Å²) in [4.78, 5) is 39.1. The van der Waals surface area contributed by atoms with E-state index in [2.05, 4.69) is 26.6 Å². The maximum Gasteiger partial charge on any atom is 0.308 e. The zero-order valence-corrected chi connectivity index (χ0v) is 20.5. The molecule has 0 aliphatic carbocycles. The number of ether oxygens (including phenoxy) is 2. The average Bonchev–Trinajstić information content (AvgIpc) is 2.70. The van der Waals surface area contributed by atoms with Gasteiger partial charge in [-0.15, -0.1) is 0 Å². The van der Waals surface area contributed by atoms with E-state index >= 15 is 0 Å². The van der Waals surface area contributed by atoms with Gasteiger partial charge in [0.2, 0.25) is 5.91 Å². The van der Waals surface area contributed by atoms with Crippen LogP contribution in [0, 0.1) is 0 Å². The predicted molar refractivity (Wildman–Crippen MR) is 124 cm³/mol. The van der Waals surface area contributed by atoms with E-state index in [1.807, 2.05) is 20.8 Å². The van der Waals surface area contributed by atoms with Crippen molar-refractivity contribution in [1.82, 2.24) is 15.5 Å². The van der Waals surface area contributed by atoms with Crippen LogP contribution in [0.5, 0.6) is 5.75 Å². The van der Waals surface area contributed by atoms with E-state index in [0.717, 1.165) is 0 Å². The van der Waals surface area contributed by atoms with Crippen LogP contribution >= 0.6 is 28.1 Å². The molecule has 10 heteroatoms. The first kappa shape index (κ1) is 25.1. The summed E-state index contributed by atoms with van der Waals surface area (Å²) in [6, 6.07) is 4.26. The Bertz CT molecular complexity index is 848. The van der Waals surface area contributed by atoms with Crippen molar-refractivity contribution in [2.24, 2.45) is 0 Å². The quantitative estimate of drug-likeness (QED) is 0.427. The Morgan fingerprint density at radius 3 is 2.71 bits per heavy atom. The summed E-state index contributed by atoms with van der Waals surface area (Å²) in [5.41, 5.74) is 0.305. The molecule has 1 fully saturated rings. The molecular weight excluding hydrogens is 486 g/mol. The van der Waals surface area contributed by atoms with Gasteiger partial charge in [0.05, 0.1) is 24.2 Å². The molecule has 0 spiro atoms. The molecule has 0 radical (unpaired) electrons. The van der Waals surface area contributed by atoms with E-state index in [1.165, 1.54) is 0 Å². The Morgan fingerprint density at radius 2 is 2.06 bits per heavy atom. The molecule has 1 heterocycles. The standard InChI is InChI=1S/C21H28BrN3O5S/c1-5-13(4)30-18(26)11-16-20(28)23-8-9-25(16)21(31)24-19(27)15-10-14(22)6-7-17(15)29-12(2)3/h6-7,10,12-13,16H,5,8-9,11H2,1-4H3,(H,23,28)(H,24,27,31). The van der Waals surface area contributed by atoms with Gasteiger partial charge in [0.15, 0.2) is 5.11 Å². The molecule has 0 saturated carbocycles. The van der Waals surface area contributed by atoms with Crippen LogP contribution in [0.3, 0.4) is 0 Å². The highest BCUT2D eigenvalue weighted by atomic mass is 79.9. The second-order valence-electron chi connectivity index (χ2n) is 7.48. The number of thiocarbonyl (C=S) groups is 1. The molecule has 2 rings (SSSR count). The Morgan fingerprint density at radius 1 is 1.35 bits per heavy atom. The molecule has 2 unspecified atom stereocenters. The van der Waals surface area contributed by atoms with Crippen LogP contribution in [0.1, 0.15) is 50.9 Å². The van der Waals surface area contributed by atoms with Gasteiger partial charge < -0.3 is 19.7 Å². The summed E-state index contributed by atoms with van der Waals surface area (Å²) in [5, 5.41) is 5.46. The fourth-order valence-corrected chi connectivity index (χ4v) is 3.62. The molecular formula is C21H28BrN3O5S. The number of piperazine rings is 1. The highest BCUT2D eigenvalue weighted by molar-refractivity contribution is 9.10. The monoisotopic (exact) mass is 513 g/mol. The smallest absolute Gasteiger partial charge is 0.308 e. The van der Waals surface area contributed by atoms with Crippen LogP contribution in [0.2, 0.25) is 0 Å². The first-order chi connectivity index (χ1) is 14.6. The molecule has 1 aromatic rings. The zero-order valence-electron chi connectivity index (χ0n) is 18.1. The fraction of sp³-hybridized carbons (Fsp3) is 0.524. The van der Waals surface area contributed by atoms with Crippen molar-refractivity contribution in [3.8, 4) is 5.75 Å². The molecule has 1 aromatic carbocycles. The van der Waals surface area contributed by atoms with Gasteiger partial charge in [-0.25, -0.2) is 0 Å². The van der Waals surface area contributed by atoms with E-state index in [4.69, 9.17) is 21.7 Å². The highest BCUT2D eigenvalue weighted by Gasteiger charge is 2.34. The number of benzene rings is 1. The molecule has 2 atom stereocenters. The number of halogens is 1. The van der Waals surface area contributed by atoms with Crippen LogP contribution in [0.4, 0.5) is 0 Å². The SMILES string of the molecule is CCC(C)OC(=O)CC1C(=O)NCCN1C(=S)NC(=O)c1cc(Br)ccc1OC(C)C. The van der Waals surface area contributed by atoms with Gasteiger partial charge in [-0.05, 0) is 57.6 Å². The van der Waals surface area contributed by atoms with Crippen LogP contribution in [0.25, 0.3) is 0 Å². The summed E-state index contributed by atoms with van der Waals surface area (Å²) < 4.78 is 11.7. The third-order valence-corrected chi connectivity index (χ3v) is 5.46. The lowest BCUT2D eigenvalue weighted by Gasteiger charge is -2.36. The molecule has 1 aliphatic heterocycles. The normalized spacial score (nSPS) is 17.0. The van der Waals surface area contributed by atoms with Gasteiger partial charge in [0.1, 0.15) is 11.8 Å². The number of hydrogen-bond donors (Lipinski definition) is 2. The van der Waals surface area contributed by atoms with Gasteiger partial charge in [-0.2, -0.15) is 0 Å². The zero-order chi connectivity index (χ0) is 23.1. The van der Waals surface area contributed by atoms with Gasteiger partial charge in [-0.1, -0.05) is 22.9 Å². The number of nitrogens with one attached hydrogen (secondary N) is 2. The number of carbonyl (C=O) groups excluding carboxylic acids is 3. The minimum Gasteiger partial charge on any atom is -0.490 e. The third-order valence-electron chi connectivity index (χ3n) is 4.63. The van der Waals surface area contributed by atoms with E-state index in [-0.39, 0.29) is 29.6 Å². The van der Waals surface area contributed by atoms with E-state index < -0.39 is 17.9 Å². The first-order valence-electron chi connectivity index (χ1n) is 10.2. The van der Waals surface area contributed by atoms with Gasteiger partial charge >= 0.3 is 5.97 Å². The van der Waals surface area contributed by atoms with Crippen molar-refractivity contribution >= 4 is 51.0 Å². The molecule has 31 heavy (non-hydrogen) atoms. The van der Waals surface area contributed by atoms with Gasteiger partial charge in [0.25, 0.3) is 5.91 Å². The minimum atomic E-state index is -0.855. The molecule has 1 aliphatic rings. The highest BCUT2D eigenvalue weighted by Crippen LogP contribution is 2.24. The first-order valence-corrected chi connectivity index (χ1v) is 11.4. The summed E-state index contributed by atoms with van der Waals surface area (Å²) in [6.45, 7) is 8.13. The van der Waals surface area contributed by atoms with Crippen molar-refractivity contribution in [3.63, 3.8) is 0 Å². The third kappa shape index (κ3) is 7.17. The molecule has 2 N–H and O–H groups in total. The second kappa shape index (κ2) is 11.4. The van der Waals surface area contributed by atoms with Crippen molar-refractivity contribution in [1.29, 1.82) is 0 Å². The summed E-state index contributed by atoms with van der Waals surface area (Å²) in [7, 11) is 0. The summed E-state index contributed by atoms with van der Waals surface area (Å²) in [6.07, 6.45) is 0.153. The summed E-state index contributed by atoms with van der Waals surface area (Å²) >= 11 is 8.78. The lowest BCUT2D eigenvalue weighted by atomic mass is 10.1. The number of hydrogen-bond acceptors (Lipinski definition) is 6. The second-order valence-corrected chi connectivity index (χ2v) is 8.78. The Kier molecular flexibility index (Phi) is 9.24. The van der Waals surface area contributed by atoms with Crippen molar-refractivity contribution in [2.45, 2.75) is 58.8 Å². The van der Waals surface area contributed by atoms with E-state index in [1.54, 1.807) is 30.0 Å². The minimum absolute atomic E-state index is 0.0664. The van der Waals surface area contributed by atoms with E-state index in [9.17, 15) is 14.4 Å². The number of rotatable bonds is 7. The molecule has 8 nitrogen and oxygen atoms in total. The molecule has 170 valence electrons. The number of esters is 1. The molecule has 1 saturated heterocycles. The summed E-state index contributed by atoms with van der Waals surface area (Å²) in [5.74, 6) is -0.872. The number of amides is 2. The maximum atomic E-state index is 12.9. The van der Waals surface area contributed by atoms with Crippen molar-refractivity contribution in [2.75, 3.05) is 13.1 Å². The maximum absolute atomic E-state index is 12.9. The molecule has 0 aromatic heterocycles. The molecule has 0 bridgehead atoms. The van der Waals surface area contributed by atoms with Crippen molar-refractivity contribution < 1.29 is 23.9 Å². The lowest BCUT2D eigenvalue weighted by Crippen LogP contribution is -2.60.